The second-order valence-corrected chi connectivity index (χ2v) is 3.82. The predicted octanol–water partition coefficient (Wildman–Crippen LogP) is 2.89. The molecule has 1 nitrogen and oxygen atoms in total. The Bertz CT molecular complexity index is 279. The van der Waals surface area contributed by atoms with Gasteiger partial charge >= 0.3 is 0 Å². The first kappa shape index (κ1) is 10.3. The lowest BCUT2D eigenvalue weighted by Crippen LogP contribution is -2.15. The number of hydrogen-bond acceptors (Lipinski definition) is 1. The average Bonchev–Trinajstić information content (AvgIpc) is 2.02. The van der Waals surface area contributed by atoms with Crippen molar-refractivity contribution in [1.82, 2.24) is 5.32 Å². The molecule has 0 aliphatic heterocycles. The minimum absolute atomic E-state index is 0.445. The van der Waals surface area contributed by atoms with E-state index < -0.39 is 0 Å². The zero-order valence-corrected chi connectivity index (χ0v) is 9.23. The van der Waals surface area contributed by atoms with Gasteiger partial charge < -0.3 is 5.32 Å². The van der Waals surface area contributed by atoms with Crippen molar-refractivity contribution in [1.29, 1.82) is 0 Å². The Kier molecular flexibility index (Phi) is 3.10. The highest BCUT2D eigenvalue weighted by molar-refractivity contribution is 5.39. The van der Waals surface area contributed by atoms with Crippen molar-refractivity contribution in [3.8, 4) is 0 Å². The van der Waals surface area contributed by atoms with Crippen LogP contribution in [0.4, 0.5) is 0 Å². The molecular formula is C12H19N. The van der Waals surface area contributed by atoms with Crippen molar-refractivity contribution >= 4 is 0 Å². The maximum absolute atomic E-state index is 3.28. The van der Waals surface area contributed by atoms with E-state index in [9.17, 15) is 0 Å². The Morgan fingerprint density at radius 1 is 1.08 bits per heavy atom. The van der Waals surface area contributed by atoms with E-state index in [1.165, 1.54) is 22.3 Å². The predicted molar refractivity (Wildman–Crippen MR) is 58.1 cm³/mol. The molecule has 0 bridgehead atoms. The molecule has 0 radical (unpaired) electrons. The fraction of sp³-hybridized carbons (Fsp3) is 0.500. The molecular weight excluding hydrogens is 158 g/mol. The van der Waals surface area contributed by atoms with Gasteiger partial charge in [-0.1, -0.05) is 17.7 Å². The Morgan fingerprint density at radius 2 is 1.54 bits per heavy atom. The van der Waals surface area contributed by atoms with Gasteiger partial charge in [-0.05, 0) is 51.4 Å². The van der Waals surface area contributed by atoms with Crippen LogP contribution in [0.15, 0.2) is 12.1 Å². The molecule has 0 saturated carbocycles. The van der Waals surface area contributed by atoms with Gasteiger partial charge in [0.05, 0.1) is 0 Å². The van der Waals surface area contributed by atoms with Crippen LogP contribution in [-0.4, -0.2) is 7.05 Å². The van der Waals surface area contributed by atoms with Crippen LogP contribution < -0.4 is 5.32 Å². The Labute approximate surface area is 81.2 Å². The first-order valence-electron chi connectivity index (χ1n) is 4.81. The summed E-state index contributed by atoms with van der Waals surface area (Å²) in [6, 6.07) is 4.94. The van der Waals surface area contributed by atoms with Crippen molar-refractivity contribution in [2.24, 2.45) is 0 Å². The summed E-state index contributed by atoms with van der Waals surface area (Å²) < 4.78 is 0. The van der Waals surface area contributed by atoms with E-state index in [2.05, 4.69) is 45.1 Å². The van der Waals surface area contributed by atoms with Crippen LogP contribution in [0.1, 0.15) is 35.2 Å². The topological polar surface area (TPSA) is 12.0 Å². The van der Waals surface area contributed by atoms with E-state index in [1.807, 2.05) is 7.05 Å². The largest absolute Gasteiger partial charge is 0.313 e. The molecule has 1 aromatic carbocycles. The number of rotatable bonds is 2. The highest BCUT2D eigenvalue weighted by atomic mass is 14.9. The van der Waals surface area contributed by atoms with Gasteiger partial charge in [0, 0.05) is 6.04 Å². The molecule has 0 fully saturated rings. The molecule has 0 saturated heterocycles. The summed E-state index contributed by atoms with van der Waals surface area (Å²) in [6.07, 6.45) is 0. The smallest absolute Gasteiger partial charge is 0.0294 e. The first-order valence-corrected chi connectivity index (χ1v) is 4.81. The Morgan fingerprint density at radius 3 is 1.92 bits per heavy atom. The van der Waals surface area contributed by atoms with Crippen molar-refractivity contribution in [3.05, 3.63) is 34.4 Å². The van der Waals surface area contributed by atoms with Crippen LogP contribution in [0.3, 0.4) is 0 Å². The summed E-state index contributed by atoms with van der Waals surface area (Å²) >= 11 is 0. The molecule has 1 atom stereocenters. The first-order chi connectivity index (χ1) is 6.06. The van der Waals surface area contributed by atoms with Crippen LogP contribution in [0, 0.1) is 20.8 Å². The Balaban J connectivity index is 3.20. The molecule has 1 unspecified atom stereocenters. The third-order valence-corrected chi connectivity index (χ3v) is 2.60. The normalized spacial score (nSPS) is 13.0. The van der Waals surface area contributed by atoms with Gasteiger partial charge in [0.15, 0.2) is 0 Å². The molecule has 1 heteroatoms. The molecule has 0 amide bonds. The molecule has 0 aliphatic carbocycles. The summed E-state index contributed by atoms with van der Waals surface area (Å²) in [5.41, 5.74) is 5.56. The van der Waals surface area contributed by atoms with Crippen molar-refractivity contribution in [2.75, 3.05) is 7.05 Å². The number of aryl methyl sites for hydroxylation is 3. The lowest BCUT2D eigenvalue weighted by atomic mass is 9.95. The number of nitrogens with one attached hydrogen (secondary N) is 1. The summed E-state index contributed by atoms with van der Waals surface area (Å²) in [7, 11) is 2.00. The third kappa shape index (κ3) is 2.10. The van der Waals surface area contributed by atoms with Gasteiger partial charge in [0.2, 0.25) is 0 Å². The highest BCUT2D eigenvalue weighted by Crippen LogP contribution is 2.22. The quantitative estimate of drug-likeness (QED) is 0.732. The lowest BCUT2D eigenvalue weighted by Gasteiger charge is -2.17. The summed E-state index contributed by atoms with van der Waals surface area (Å²) in [4.78, 5) is 0. The van der Waals surface area contributed by atoms with Gasteiger partial charge in [-0.2, -0.15) is 0 Å². The maximum Gasteiger partial charge on any atom is 0.0294 e. The molecule has 0 aromatic heterocycles. The van der Waals surface area contributed by atoms with Crippen molar-refractivity contribution in [2.45, 2.75) is 33.7 Å². The van der Waals surface area contributed by atoms with Gasteiger partial charge in [-0.3, -0.25) is 0 Å². The molecule has 72 valence electrons. The van der Waals surface area contributed by atoms with Gasteiger partial charge in [0.25, 0.3) is 0 Å². The summed E-state index contributed by atoms with van der Waals surface area (Å²) in [5, 5.41) is 3.28. The second kappa shape index (κ2) is 3.93. The third-order valence-electron chi connectivity index (χ3n) is 2.60. The van der Waals surface area contributed by atoms with E-state index >= 15 is 0 Å². The molecule has 1 N–H and O–H groups in total. The number of benzene rings is 1. The van der Waals surface area contributed by atoms with Gasteiger partial charge in [-0.25, -0.2) is 0 Å². The summed E-state index contributed by atoms with van der Waals surface area (Å²) in [6.45, 7) is 8.71. The van der Waals surface area contributed by atoms with E-state index in [1.54, 1.807) is 0 Å². The van der Waals surface area contributed by atoms with Crippen LogP contribution in [0.2, 0.25) is 0 Å². The lowest BCUT2D eigenvalue weighted by molar-refractivity contribution is 0.644. The SMILES string of the molecule is CNC(C)c1c(C)cc(C)cc1C. The molecule has 0 aliphatic rings. The van der Waals surface area contributed by atoms with Crippen LogP contribution >= 0.6 is 0 Å². The van der Waals surface area contributed by atoms with E-state index in [4.69, 9.17) is 0 Å². The van der Waals surface area contributed by atoms with Crippen molar-refractivity contribution in [3.63, 3.8) is 0 Å². The summed E-state index contributed by atoms with van der Waals surface area (Å²) in [5.74, 6) is 0. The minimum atomic E-state index is 0.445. The van der Waals surface area contributed by atoms with Crippen LogP contribution in [0.25, 0.3) is 0 Å². The monoisotopic (exact) mass is 177 g/mol. The highest BCUT2D eigenvalue weighted by Gasteiger charge is 2.09. The van der Waals surface area contributed by atoms with Crippen molar-refractivity contribution < 1.29 is 0 Å². The average molecular weight is 177 g/mol. The zero-order chi connectivity index (χ0) is 10.0. The molecule has 1 rings (SSSR count). The Hall–Kier alpha value is -0.820. The van der Waals surface area contributed by atoms with Gasteiger partial charge in [0.1, 0.15) is 0 Å². The van der Waals surface area contributed by atoms with E-state index in [0.29, 0.717) is 6.04 Å². The minimum Gasteiger partial charge on any atom is -0.313 e. The molecule has 0 spiro atoms. The number of hydrogen-bond donors (Lipinski definition) is 1. The molecule has 1 aromatic rings. The van der Waals surface area contributed by atoms with Gasteiger partial charge in [-0.15, -0.1) is 0 Å². The standard InChI is InChI=1S/C12H19N/c1-8-6-9(2)12(10(3)7-8)11(4)13-5/h6-7,11,13H,1-5H3. The molecule has 13 heavy (non-hydrogen) atoms. The van der Waals surface area contributed by atoms with Crippen LogP contribution in [-0.2, 0) is 0 Å². The maximum atomic E-state index is 3.28. The second-order valence-electron chi connectivity index (χ2n) is 3.82. The van der Waals surface area contributed by atoms with E-state index in [0.717, 1.165) is 0 Å². The fourth-order valence-corrected chi connectivity index (χ4v) is 2.02. The van der Waals surface area contributed by atoms with Crippen LogP contribution in [0.5, 0.6) is 0 Å². The fourth-order valence-electron chi connectivity index (χ4n) is 2.02. The zero-order valence-electron chi connectivity index (χ0n) is 9.23. The van der Waals surface area contributed by atoms with E-state index in [-0.39, 0.29) is 0 Å². The molecule has 0 heterocycles.